The van der Waals surface area contributed by atoms with Gasteiger partial charge in [0.2, 0.25) is 0 Å². The van der Waals surface area contributed by atoms with Crippen molar-refractivity contribution in [3.8, 4) is 0 Å². The quantitative estimate of drug-likeness (QED) is 0.750. The van der Waals surface area contributed by atoms with Gasteiger partial charge in [-0.2, -0.15) is 12.7 Å². The zero-order valence-corrected chi connectivity index (χ0v) is 13.9. The summed E-state index contributed by atoms with van der Waals surface area (Å²) >= 11 is 0. The number of piperidine rings is 1. The first-order valence-corrected chi connectivity index (χ1v) is 9.39. The number of carbonyl (C=O) groups is 1. The Morgan fingerprint density at radius 2 is 1.91 bits per heavy atom. The van der Waals surface area contributed by atoms with Crippen molar-refractivity contribution in [3.63, 3.8) is 0 Å². The molecule has 128 valence electrons. The normalized spacial score (nSPS) is 24.2. The molecule has 2 aliphatic rings. The molecule has 0 aromatic carbocycles. The monoisotopic (exact) mass is 334 g/mol. The molecular weight excluding hydrogens is 308 g/mol. The number of rotatable bonds is 6. The molecule has 0 amide bonds. The molecule has 7 nitrogen and oxygen atoms in total. The molecule has 2 N–H and O–H groups in total. The average Bonchev–Trinajstić information content (AvgIpc) is 2.54. The Kier molecular flexibility index (Phi) is 5.81. The zero-order valence-electron chi connectivity index (χ0n) is 13.1. The molecule has 0 aromatic rings. The summed E-state index contributed by atoms with van der Waals surface area (Å²) in [6.07, 6.45) is 3.49. The lowest BCUT2D eigenvalue weighted by Gasteiger charge is -2.35. The van der Waals surface area contributed by atoms with Crippen LogP contribution in [0.25, 0.3) is 0 Å². The molecule has 0 spiro atoms. The van der Waals surface area contributed by atoms with Crippen LogP contribution in [0, 0.1) is 11.3 Å². The van der Waals surface area contributed by atoms with Gasteiger partial charge in [-0.15, -0.1) is 0 Å². The van der Waals surface area contributed by atoms with Gasteiger partial charge in [-0.05, 0) is 31.6 Å². The van der Waals surface area contributed by atoms with Gasteiger partial charge in [0.25, 0.3) is 10.2 Å². The second kappa shape index (κ2) is 7.25. The number of ether oxygens (including phenoxy) is 1. The number of hydrogen-bond donors (Lipinski definition) is 2. The molecule has 2 saturated heterocycles. The van der Waals surface area contributed by atoms with E-state index in [1.165, 1.54) is 4.31 Å². The maximum absolute atomic E-state index is 12.4. The third-order valence-corrected chi connectivity index (χ3v) is 6.54. The Morgan fingerprint density at radius 1 is 1.32 bits per heavy atom. The smallest absolute Gasteiger partial charge is 0.311 e. The maximum Gasteiger partial charge on any atom is 0.311 e. The molecule has 2 heterocycles. The van der Waals surface area contributed by atoms with E-state index in [0.717, 1.165) is 19.3 Å². The molecule has 22 heavy (non-hydrogen) atoms. The minimum Gasteiger partial charge on any atom is -0.481 e. The summed E-state index contributed by atoms with van der Waals surface area (Å²) in [7, 11) is -3.61. The largest absolute Gasteiger partial charge is 0.481 e. The van der Waals surface area contributed by atoms with E-state index < -0.39 is 21.6 Å². The van der Waals surface area contributed by atoms with Crippen LogP contribution in [0.2, 0.25) is 0 Å². The van der Waals surface area contributed by atoms with Crippen LogP contribution in [0.1, 0.15) is 39.0 Å². The van der Waals surface area contributed by atoms with Crippen LogP contribution in [-0.2, 0) is 19.7 Å². The van der Waals surface area contributed by atoms with Crippen LogP contribution < -0.4 is 4.72 Å². The minimum absolute atomic E-state index is 0.0677. The third-order valence-electron chi connectivity index (χ3n) is 4.99. The Labute approximate surface area is 132 Å². The standard InChI is InChI=1S/C14H26N2O5S/c1-2-12-3-7-16(8-4-12)22(19,20)15-11-14(13(17)18)5-9-21-10-6-14/h12,15H,2-11H2,1H3,(H,17,18). The van der Waals surface area contributed by atoms with E-state index in [4.69, 9.17) is 4.74 Å². The predicted octanol–water partition coefficient (Wildman–Crippen LogP) is 0.824. The second-order valence-corrected chi connectivity index (χ2v) is 8.03. The van der Waals surface area contributed by atoms with Gasteiger partial charge >= 0.3 is 5.97 Å². The Hall–Kier alpha value is -0.700. The van der Waals surface area contributed by atoms with Gasteiger partial charge in [0, 0.05) is 32.8 Å². The van der Waals surface area contributed by atoms with E-state index in [1.807, 2.05) is 0 Å². The van der Waals surface area contributed by atoms with Crippen LogP contribution in [0.15, 0.2) is 0 Å². The topological polar surface area (TPSA) is 95.9 Å². The van der Waals surface area contributed by atoms with E-state index >= 15 is 0 Å². The average molecular weight is 334 g/mol. The van der Waals surface area contributed by atoms with Crippen molar-refractivity contribution in [1.29, 1.82) is 0 Å². The summed E-state index contributed by atoms with van der Waals surface area (Å²) in [6, 6.07) is 0. The van der Waals surface area contributed by atoms with Crippen molar-refractivity contribution in [3.05, 3.63) is 0 Å². The van der Waals surface area contributed by atoms with Gasteiger partial charge in [0.15, 0.2) is 0 Å². The molecule has 2 rings (SSSR count). The van der Waals surface area contributed by atoms with Crippen molar-refractivity contribution < 1.29 is 23.1 Å². The summed E-state index contributed by atoms with van der Waals surface area (Å²) < 4.78 is 33.9. The molecule has 0 radical (unpaired) electrons. The van der Waals surface area contributed by atoms with Gasteiger partial charge in [-0.1, -0.05) is 13.3 Å². The lowest BCUT2D eigenvalue weighted by Crippen LogP contribution is -2.51. The molecule has 0 unspecified atom stereocenters. The maximum atomic E-state index is 12.4. The Morgan fingerprint density at radius 3 is 2.41 bits per heavy atom. The third kappa shape index (κ3) is 3.98. The highest BCUT2D eigenvalue weighted by Gasteiger charge is 2.41. The van der Waals surface area contributed by atoms with Crippen LogP contribution in [0.4, 0.5) is 0 Å². The number of nitrogens with one attached hydrogen (secondary N) is 1. The van der Waals surface area contributed by atoms with Gasteiger partial charge in [-0.3, -0.25) is 4.79 Å². The molecule has 8 heteroatoms. The molecule has 0 aliphatic carbocycles. The first-order chi connectivity index (χ1) is 10.4. The fraction of sp³-hybridized carbons (Fsp3) is 0.929. The zero-order chi connectivity index (χ0) is 16.2. The summed E-state index contributed by atoms with van der Waals surface area (Å²) in [5.41, 5.74) is -1.05. The minimum atomic E-state index is -3.61. The van der Waals surface area contributed by atoms with E-state index in [1.54, 1.807) is 0 Å². The van der Waals surface area contributed by atoms with Crippen LogP contribution in [-0.4, -0.2) is 56.6 Å². The van der Waals surface area contributed by atoms with E-state index in [0.29, 0.717) is 45.1 Å². The van der Waals surface area contributed by atoms with E-state index in [9.17, 15) is 18.3 Å². The van der Waals surface area contributed by atoms with Crippen LogP contribution in [0.5, 0.6) is 0 Å². The van der Waals surface area contributed by atoms with Crippen LogP contribution >= 0.6 is 0 Å². The molecule has 2 aliphatic heterocycles. The Balaban J connectivity index is 1.95. The predicted molar refractivity (Wildman–Crippen MR) is 81.6 cm³/mol. The number of nitrogens with zero attached hydrogens (tertiary/aromatic N) is 1. The molecule has 0 atom stereocenters. The highest BCUT2D eigenvalue weighted by molar-refractivity contribution is 7.87. The molecule has 0 aromatic heterocycles. The van der Waals surface area contributed by atoms with Gasteiger partial charge in [0.05, 0.1) is 5.41 Å². The summed E-state index contributed by atoms with van der Waals surface area (Å²) in [4.78, 5) is 11.5. The Bertz CT molecular complexity index is 479. The van der Waals surface area contributed by atoms with Gasteiger partial charge in [-0.25, -0.2) is 4.72 Å². The summed E-state index contributed by atoms with van der Waals surface area (Å²) in [6.45, 7) is 3.79. The van der Waals surface area contributed by atoms with E-state index in [2.05, 4.69) is 11.6 Å². The molecule has 0 bridgehead atoms. The van der Waals surface area contributed by atoms with Gasteiger partial charge < -0.3 is 9.84 Å². The number of aliphatic carboxylic acids is 1. The SMILES string of the molecule is CCC1CCN(S(=O)(=O)NCC2(C(=O)O)CCOCC2)CC1. The number of hydrogen-bond acceptors (Lipinski definition) is 4. The first kappa shape index (κ1) is 17.7. The van der Waals surface area contributed by atoms with Crippen molar-refractivity contribution in [1.82, 2.24) is 9.03 Å². The van der Waals surface area contributed by atoms with Crippen LogP contribution in [0.3, 0.4) is 0 Å². The first-order valence-electron chi connectivity index (χ1n) is 7.95. The molecular formula is C14H26N2O5S. The van der Waals surface area contributed by atoms with E-state index in [-0.39, 0.29) is 6.54 Å². The highest BCUT2D eigenvalue weighted by atomic mass is 32.2. The fourth-order valence-corrected chi connectivity index (χ4v) is 4.44. The fourth-order valence-electron chi connectivity index (χ4n) is 3.11. The number of carboxylic acids is 1. The second-order valence-electron chi connectivity index (χ2n) is 6.27. The number of carboxylic acid groups (broad SMARTS) is 1. The molecule has 2 fully saturated rings. The van der Waals surface area contributed by atoms with Gasteiger partial charge in [0.1, 0.15) is 0 Å². The lowest BCUT2D eigenvalue weighted by atomic mass is 9.80. The summed E-state index contributed by atoms with van der Waals surface area (Å²) in [5.74, 6) is -0.365. The lowest BCUT2D eigenvalue weighted by molar-refractivity contribution is -0.154. The van der Waals surface area contributed by atoms with Crippen molar-refractivity contribution in [2.24, 2.45) is 11.3 Å². The molecule has 0 saturated carbocycles. The van der Waals surface area contributed by atoms with Crippen molar-refractivity contribution >= 4 is 16.2 Å². The van der Waals surface area contributed by atoms with Crippen molar-refractivity contribution in [2.45, 2.75) is 39.0 Å². The van der Waals surface area contributed by atoms with Crippen molar-refractivity contribution in [2.75, 3.05) is 32.8 Å². The highest BCUT2D eigenvalue weighted by Crippen LogP contribution is 2.30. The summed E-state index contributed by atoms with van der Waals surface area (Å²) in [5, 5.41) is 9.46.